The molecule has 1 unspecified atom stereocenters. The van der Waals surface area contributed by atoms with Crippen molar-refractivity contribution in [1.82, 2.24) is 4.98 Å². The van der Waals surface area contributed by atoms with Crippen LogP contribution in [0.15, 0.2) is 72.9 Å². The number of nitro benzene ring substituents is 1. The molecule has 0 aliphatic carbocycles. The molecule has 150 valence electrons. The Morgan fingerprint density at radius 3 is 2.57 bits per heavy atom. The van der Waals surface area contributed by atoms with E-state index in [1.807, 2.05) is 12.1 Å². The first-order valence-corrected chi connectivity index (χ1v) is 9.27. The summed E-state index contributed by atoms with van der Waals surface area (Å²) in [7, 11) is 0. The molecule has 1 atom stereocenters. The number of nitrogens with zero attached hydrogens (tertiary/aromatic N) is 2. The van der Waals surface area contributed by atoms with Crippen LogP contribution in [-0.2, 0) is 0 Å². The third kappa shape index (κ3) is 3.65. The van der Waals surface area contributed by atoms with Crippen LogP contribution in [0.2, 0.25) is 0 Å². The van der Waals surface area contributed by atoms with Gasteiger partial charge in [-0.2, -0.15) is 0 Å². The fraction of sp³-hybridized carbons (Fsp3) is 0.0870. The van der Waals surface area contributed by atoms with Gasteiger partial charge >= 0.3 is 0 Å². The van der Waals surface area contributed by atoms with Gasteiger partial charge in [0.05, 0.1) is 11.0 Å². The van der Waals surface area contributed by atoms with Crippen LogP contribution in [0.3, 0.4) is 0 Å². The van der Waals surface area contributed by atoms with E-state index >= 15 is 0 Å². The monoisotopic (exact) mass is 403 g/mol. The molecule has 2 N–H and O–H groups in total. The zero-order valence-corrected chi connectivity index (χ0v) is 16.0. The zero-order valence-electron chi connectivity index (χ0n) is 16.0. The van der Waals surface area contributed by atoms with Gasteiger partial charge in [-0.05, 0) is 42.3 Å². The van der Waals surface area contributed by atoms with Crippen molar-refractivity contribution in [2.45, 2.75) is 13.0 Å². The van der Waals surface area contributed by atoms with E-state index in [-0.39, 0.29) is 17.3 Å². The third-order valence-electron chi connectivity index (χ3n) is 5.01. The molecule has 0 radical (unpaired) electrons. The minimum atomic E-state index is -0.530. The first kappa shape index (κ1) is 19.3. The number of phenols is 1. The summed E-state index contributed by atoms with van der Waals surface area (Å²) in [4.78, 5) is 14.9. The fourth-order valence-corrected chi connectivity index (χ4v) is 3.45. The average molecular weight is 403 g/mol. The lowest BCUT2D eigenvalue weighted by molar-refractivity contribution is -0.384. The predicted molar refractivity (Wildman–Crippen MR) is 113 cm³/mol. The molecule has 0 saturated carbocycles. The number of aryl methyl sites for hydroxylation is 1. The number of hydrogen-bond acceptors (Lipinski definition) is 5. The lowest BCUT2D eigenvalue weighted by Crippen LogP contribution is -2.14. The van der Waals surface area contributed by atoms with Gasteiger partial charge in [-0.1, -0.05) is 30.3 Å². The van der Waals surface area contributed by atoms with Crippen LogP contribution in [0.5, 0.6) is 5.75 Å². The summed E-state index contributed by atoms with van der Waals surface area (Å²) in [5, 5.41) is 26.1. The number of anilines is 1. The van der Waals surface area contributed by atoms with Crippen LogP contribution < -0.4 is 5.32 Å². The van der Waals surface area contributed by atoms with Gasteiger partial charge in [-0.15, -0.1) is 0 Å². The first-order chi connectivity index (χ1) is 14.4. The van der Waals surface area contributed by atoms with Gasteiger partial charge in [0, 0.05) is 35.0 Å². The third-order valence-corrected chi connectivity index (χ3v) is 5.01. The minimum Gasteiger partial charge on any atom is -0.505 e. The average Bonchev–Trinajstić information content (AvgIpc) is 2.74. The van der Waals surface area contributed by atoms with Crippen molar-refractivity contribution in [3.63, 3.8) is 0 Å². The van der Waals surface area contributed by atoms with E-state index in [1.165, 1.54) is 24.3 Å². The van der Waals surface area contributed by atoms with Crippen LogP contribution in [0.1, 0.15) is 22.7 Å². The molecule has 6 nitrogen and oxygen atoms in total. The number of rotatable bonds is 5. The van der Waals surface area contributed by atoms with Gasteiger partial charge < -0.3 is 10.4 Å². The SMILES string of the molecule is Cc1cc([N+](=O)[O-])ccc1NC(c1ccc(F)cc1)c1ccc2cccnc2c1O. The minimum absolute atomic E-state index is 0.00543. The van der Waals surface area contributed by atoms with Crippen LogP contribution in [0.25, 0.3) is 10.9 Å². The second-order valence-electron chi connectivity index (χ2n) is 6.96. The molecule has 0 saturated heterocycles. The molecule has 30 heavy (non-hydrogen) atoms. The maximum Gasteiger partial charge on any atom is 0.269 e. The molecule has 1 aromatic heterocycles. The highest BCUT2D eigenvalue weighted by atomic mass is 19.1. The number of phenolic OH excluding ortho intramolecular Hbond substituents is 1. The molecule has 0 aliphatic rings. The number of pyridine rings is 1. The second-order valence-corrected chi connectivity index (χ2v) is 6.96. The Morgan fingerprint density at radius 2 is 1.87 bits per heavy atom. The summed E-state index contributed by atoms with van der Waals surface area (Å²) in [6.07, 6.45) is 1.60. The molecule has 0 aliphatic heterocycles. The van der Waals surface area contributed by atoms with Crippen LogP contribution in [0.4, 0.5) is 15.8 Å². The summed E-state index contributed by atoms with van der Waals surface area (Å²) < 4.78 is 13.5. The van der Waals surface area contributed by atoms with Crippen LogP contribution in [-0.4, -0.2) is 15.0 Å². The number of nitro groups is 1. The van der Waals surface area contributed by atoms with Crippen molar-refractivity contribution in [3.8, 4) is 5.75 Å². The molecule has 1 heterocycles. The molecule has 0 amide bonds. The van der Waals surface area contributed by atoms with Crippen molar-refractivity contribution in [2.24, 2.45) is 0 Å². The van der Waals surface area contributed by atoms with E-state index in [2.05, 4.69) is 10.3 Å². The largest absolute Gasteiger partial charge is 0.505 e. The summed E-state index contributed by atoms with van der Waals surface area (Å²) in [6, 6.07) is 17.3. The quantitative estimate of drug-likeness (QED) is 0.339. The van der Waals surface area contributed by atoms with Gasteiger partial charge in [-0.3, -0.25) is 15.1 Å². The normalized spacial score (nSPS) is 11.9. The Balaban J connectivity index is 1.83. The van der Waals surface area contributed by atoms with E-state index in [9.17, 15) is 19.6 Å². The lowest BCUT2D eigenvalue weighted by Gasteiger charge is -2.23. The topological polar surface area (TPSA) is 88.3 Å². The number of benzene rings is 3. The number of fused-ring (bicyclic) bond motifs is 1. The number of aromatic hydroxyl groups is 1. The Bertz CT molecular complexity index is 1240. The van der Waals surface area contributed by atoms with E-state index in [1.54, 1.807) is 43.5 Å². The van der Waals surface area contributed by atoms with Gasteiger partial charge in [0.1, 0.15) is 17.1 Å². The number of non-ortho nitro benzene ring substituents is 1. The summed E-state index contributed by atoms with van der Waals surface area (Å²) in [6.45, 7) is 1.76. The molecule has 4 aromatic rings. The predicted octanol–water partition coefficient (Wildman–Crippen LogP) is 5.50. The Hall–Kier alpha value is -4.00. The van der Waals surface area contributed by atoms with Crippen molar-refractivity contribution in [2.75, 3.05) is 5.32 Å². The van der Waals surface area contributed by atoms with Crippen LogP contribution >= 0.6 is 0 Å². The summed E-state index contributed by atoms with van der Waals surface area (Å²) in [5.74, 6) is -0.345. The maximum atomic E-state index is 13.5. The molecular weight excluding hydrogens is 385 g/mol. The zero-order chi connectivity index (χ0) is 21.3. The first-order valence-electron chi connectivity index (χ1n) is 9.27. The highest BCUT2D eigenvalue weighted by Gasteiger charge is 2.21. The van der Waals surface area contributed by atoms with E-state index in [4.69, 9.17) is 0 Å². The second kappa shape index (κ2) is 7.79. The van der Waals surface area contributed by atoms with Gasteiger partial charge in [0.25, 0.3) is 5.69 Å². The van der Waals surface area contributed by atoms with Crippen molar-refractivity contribution in [3.05, 3.63) is 106 Å². The summed E-state index contributed by atoms with van der Waals surface area (Å²) in [5.41, 5.74) is 3.08. The molecular formula is C23H18FN3O3. The molecule has 0 fully saturated rings. The Morgan fingerprint density at radius 1 is 1.10 bits per heavy atom. The number of hydrogen-bond donors (Lipinski definition) is 2. The number of aromatic nitrogens is 1. The van der Waals surface area contributed by atoms with Gasteiger partial charge in [0.2, 0.25) is 0 Å². The summed E-state index contributed by atoms with van der Waals surface area (Å²) >= 11 is 0. The van der Waals surface area contributed by atoms with E-state index in [0.29, 0.717) is 22.3 Å². The number of halogens is 1. The fourth-order valence-electron chi connectivity index (χ4n) is 3.45. The smallest absolute Gasteiger partial charge is 0.269 e. The van der Waals surface area contributed by atoms with Crippen molar-refractivity contribution < 1.29 is 14.4 Å². The highest BCUT2D eigenvalue weighted by molar-refractivity contribution is 5.86. The lowest BCUT2D eigenvalue weighted by atomic mass is 9.95. The van der Waals surface area contributed by atoms with Crippen LogP contribution in [0, 0.1) is 22.9 Å². The maximum absolute atomic E-state index is 13.5. The van der Waals surface area contributed by atoms with Crippen molar-refractivity contribution >= 4 is 22.3 Å². The van der Waals surface area contributed by atoms with Gasteiger partial charge in [0.15, 0.2) is 0 Å². The molecule has 4 rings (SSSR count). The van der Waals surface area contributed by atoms with Gasteiger partial charge in [-0.25, -0.2) is 4.39 Å². The standard InChI is InChI=1S/C23H18FN3O3/c1-14-13-18(27(29)30)9-11-20(14)26-21(16-4-7-17(24)8-5-16)19-10-6-15-3-2-12-25-22(15)23(19)28/h2-13,21,26,28H,1H3. The highest BCUT2D eigenvalue weighted by Crippen LogP contribution is 2.37. The number of nitrogens with one attached hydrogen (secondary N) is 1. The Kier molecular flexibility index (Phi) is 5.02. The van der Waals surface area contributed by atoms with E-state index in [0.717, 1.165) is 10.9 Å². The molecule has 7 heteroatoms. The van der Waals surface area contributed by atoms with E-state index < -0.39 is 11.0 Å². The van der Waals surface area contributed by atoms with Crippen molar-refractivity contribution in [1.29, 1.82) is 0 Å². The molecule has 3 aromatic carbocycles. The Labute approximate surface area is 171 Å². The molecule has 0 bridgehead atoms. The molecule has 0 spiro atoms.